The topological polar surface area (TPSA) is 46.9 Å². The van der Waals surface area contributed by atoms with Gasteiger partial charge in [-0.25, -0.2) is 0 Å². The zero-order valence-electron chi connectivity index (χ0n) is 12.6. The van der Waals surface area contributed by atoms with Gasteiger partial charge in [0.2, 0.25) is 0 Å². The Labute approximate surface area is 164 Å². The predicted molar refractivity (Wildman–Crippen MR) is 102 cm³/mol. The van der Waals surface area contributed by atoms with Gasteiger partial charge in [0.05, 0.1) is 22.2 Å². The highest BCUT2D eigenvalue weighted by Gasteiger charge is 2.16. The van der Waals surface area contributed by atoms with Crippen LogP contribution >= 0.6 is 46.4 Å². The minimum Gasteiger partial charge on any atom is -0.304 e. The SMILES string of the molecule is O=C(Nc1nn(Cc2ccc(Cl)cc2)cc1Cl)c1cccc(Cl)c1Cl. The van der Waals surface area contributed by atoms with Crippen molar-refractivity contribution in [3.63, 3.8) is 0 Å². The highest BCUT2D eigenvalue weighted by Crippen LogP contribution is 2.27. The van der Waals surface area contributed by atoms with Gasteiger partial charge >= 0.3 is 0 Å². The molecule has 2 aromatic carbocycles. The van der Waals surface area contributed by atoms with E-state index in [2.05, 4.69) is 10.4 Å². The molecule has 0 spiro atoms. The van der Waals surface area contributed by atoms with Gasteiger partial charge < -0.3 is 5.32 Å². The van der Waals surface area contributed by atoms with Gasteiger partial charge in [-0.05, 0) is 29.8 Å². The van der Waals surface area contributed by atoms with E-state index in [1.54, 1.807) is 41.2 Å². The second-order valence-corrected chi connectivity index (χ2v) is 6.83. The van der Waals surface area contributed by atoms with Crippen LogP contribution in [0.1, 0.15) is 15.9 Å². The molecular formula is C17H11Cl4N3O. The lowest BCUT2D eigenvalue weighted by molar-refractivity contribution is 0.102. The number of hydrogen-bond acceptors (Lipinski definition) is 2. The molecule has 0 saturated heterocycles. The first-order valence-electron chi connectivity index (χ1n) is 7.17. The summed E-state index contributed by atoms with van der Waals surface area (Å²) in [6.07, 6.45) is 1.63. The number of rotatable bonds is 4. The average molecular weight is 415 g/mol. The van der Waals surface area contributed by atoms with Crippen molar-refractivity contribution in [1.29, 1.82) is 0 Å². The van der Waals surface area contributed by atoms with Crippen molar-refractivity contribution in [1.82, 2.24) is 9.78 Å². The van der Waals surface area contributed by atoms with Crippen molar-refractivity contribution < 1.29 is 4.79 Å². The summed E-state index contributed by atoms with van der Waals surface area (Å²) < 4.78 is 1.63. The summed E-state index contributed by atoms with van der Waals surface area (Å²) in [7, 11) is 0. The lowest BCUT2D eigenvalue weighted by atomic mass is 10.2. The molecule has 0 aliphatic heterocycles. The smallest absolute Gasteiger partial charge is 0.258 e. The number of anilines is 1. The molecule has 0 unspecified atom stereocenters. The lowest BCUT2D eigenvalue weighted by Crippen LogP contribution is -2.13. The standard InChI is InChI=1S/C17H11Cl4N3O/c18-11-6-4-10(5-7-11)8-24-9-14(20)16(23-24)22-17(25)12-2-1-3-13(19)15(12)21/h1-7,9H,8H2,(H,22,23,25). The number of carbonyl (C=O) groups is 1. The fourth-order valence-corrected chi connectivity index (χ4v) is 2.90. The van der Waals surface area contributed by atoms with Crippen LogP contribution in [0.5, 0.6) is 0 Å². The van der Waals surface area contributed by atoms with Gasteiger partial charge in [-0.2, -0.15) is 5.10 Å². The van der Waals surface area contributed by atoms with Crippen molar-refractivity contribution in [3.8, 4) is 0 Å². The fraction of sp³-hybridized carbons (Fsp3) is 0.0588. The number of amides is 1. The molecule has 4 nitrogen and oxygen atoms in total. The molecule has 1 heterocycles. The summed E-state index contributed by atoms with van der Waals surface area (Å²) in [5.41, 5.74) is 1.25. The third kappa shape index (κ3) is 4.28. The van der Waals surface area contributed by atoms with Gasteiger partial charge in [-0.3, -0.25) is 9.48 Å². The Morgan fingerprint density at radius 2 is 1.72 bits per heavy atom. The van der Waals surface area contributed by atoms with Crippen LogP contribution in [0.25, 0.3) is 0 Å². The van der Waals surface area contributed by atoms with Crippen molar-refractivity contribution in [2.45, 2.75) is 6.54 Å². The summed E-state index contributed by atoms with van der Waals surface area (Å²) in [6, 6.07) is 12.2. The monoisotopic (exact) mass is 413 g/mol. The molecule has 8 heteroatoms. The van der Waals surface area contributed by atoms with E-state index in [0.717, 1.165) is 5.56 Å². The number of aromatic nitrogens is 2. The van der Waals surface area contributed by atoms with Crippen molar-refractivity contribution in [2.75, 3.05) is 5.32 Å². The quantitative estimate of drug-likeness (QED) is 0.586. The Morgan fingerprint density at radius 3 is 2.44 bits per heavy atom. The summed E-state index contributed by atoms with van der Waals surface area (Å²) in [6.45, 7) is 0.491. The van der Waals surface area contributed by atoms with E-state index in [-0.39, 0.29) is 16.4 Å². The maximum Gasteiger partial charge on any atom is 0.258 e. The summed E-state index contributed by atoms with van der Waals surface area (Å²) in [5, 5.41) is 8.39. The van der Waals surface area contributed by atoms with E-state index in [9.17, 15) is 4.79 Å². The minimum atomic E-state index is -0.439. The van der Waals surface area contributed by atoms with Crippen LogP contribution in [-0.4, -0.2) is 15.7 Å². The van der Waals surface area contributed by atoms with Gasteiger partial charge in [0.1, 0.15) is 5.02 Å². The van der Waals surface area contributed by atoms with Crippen LogP contribution in [0.15, 0.2) is 48.7 Å². The minimum absolute atomic E-state index is 0.179. The van der Waals surface area contributed by atoms with E-state index >= 15 is 0 Å². The fourth-order valence-electron chi connectivity index (χ4n) is 2.19. The van der Waals surface area contributed by atoms with Crippen LogP contribution < -0.4 is 5.32 Å². The van der Waals surface area contributed by atoms with Crippen LogP contribution in [0.3, 0.4) is 0 Å². The zero-order chi connectivity index (χ0) is 18.0. The predicted octanol–water partition coefficient (Wildman–Crippen LogP) is 5.80. The molecule has 0 atom stereocenters. The first kappa shape index (κ1) is 18.1. The van der Waals surface area contributed by atoms with E-state index in [4.69, 9.17) is 46.4 Å². The largest absolute Gasteiger partial charge is 0.304 e. The molecule has 0 fully saturated rings. The Balaban J connectivity index is 1.77. The molecule has 0 saturated carbocycles. The highest BCUT2D eigenvalue weighted by atomic mass is 35.5. The molecule has 1 amide bonds. The Morgan fingerprint density at radius 1 is 1.00 bits per heavy atom. The molecule has 0 aliphatic rings. The molecule has 0 radical (unpaired) electrons. The molecule has 25 heavy (non-hydrogen) atoms. The summed E-state index contributed by atoms with van der Waals surface area (Å²) in [5.74, 6) is -0.192. The van der Waals surface area contributed by atoms with Gasteiger partial charge in [0.25, 0.3) is 5.91 Å². The van der Waals surface area contributed by atoms with Crippen molar-refractivity contribution in [2.24, 2.45) is 0 Å². The average Bonchev–Trinajstić information content (AvgIpc) is 2.91. The van der Waals surface area contributed by atoms with Gasteiger partial charge in [0, 0.05) is 11.2 Å². The van der Waals surface area contributed by atoms with E-state index in [1.807, 2.05) is 12.1 Å². The number of hydrogen-bond donors (Lipinski definition) is 1. The molecule has 0 aliphatic carbocycles. The maximum absolute atomic E-state index is 12.4. The molecule has 128 valence electrons. The molecule has 1 aromatic heterocycles. The summed E-state index contributed by atoms with van der Waals surface area (Å²) >= 11 is 24.0. The molecule has 0 bridgehead atoms. The first-order chi connectivity index (χ1) is 11.9. The third-order valence-electron chi connectivity index (χ3n) is 3.40. The molecule has 3 aromatic rings. The Hall–Kier alpha value is -1.72. The Kier molecular flexibility index (Phi) is 5.54. The zero-order valence-corrected chi connectivity index (χ0v) is 15.7. The lowest BCUT2D eigenvalue weighted by Gasteiger charge is -2.06. The van der Waals surface area contributed by atoms with E-state index in [1.165, 1.54) is 0 Å². The van der Waals surface area contributed by atoms with E-state index in [0.29, 0.717) is 21.6 Å². The number of halogens is 4. The number of benzene rings is 2. The first-order valence-corrected chi connectivity index (χ1v) is 8.68. The molecule has 3 rings (SSSR count). The number of nitrogens with zero attached hydrogens (tertiary/aromatic N) is 2. The second-order valence-electron chi connectivity index (χ2n) is 5.21. The van der Waals surface area contributed by atoms with Crippen molar-refractivity contribution >= 4 is 58.1 Å². The van der Waals surface area contributed by atoms with Crippen LogP contribution in [0, 0.1) is 0 Å². The van der Waals surface area contributed by atoms with Crippen LogP contribution in [-0.2, 0) is 6.54 Å². The summed E-state index contributed by atoms with van der Waals surface area (Å²) in [4.78, 5) is 12.4. The van der Waals surface area contributed by atoms with Crippen molar-refractivity contribution in [3.05, 3.63) is 79.9 Å². The van der Waals surface area contributed by atoms with Crippen LogP contribution in [0.2, 0.25) is 20.1 Å². The Bertz CT molecular complexity index is 922. The number of carbonyl (C=O) groups excluding carboxylic acids is 1. The third-order valence-corrected chi connectivity index (χ3v) is 4.75. The van der Waals surface area contributed by atoms with Crippen LogP contribution in [0.4, 0.5) is 5.82 Å². The van der Waals surface area contributed by atoms with Gasteiger partial charge in [0.15, 0.2) is 5.82 Å². The second kappa shape index (κ2) is 7.67. The molecular weight excluding hydrogens is 404 g/mol. The van der Waals surface area contributed by atoms with Gasteiger partial charge in [-0.15, -0.1) is 0 Å². The maximum atomic E-state index is 12.4. The number of nitrogens with one attached hydrogen (secondary N) is 1. The molecule has 1 N–H and O–H groups in total. The van der Waals surface area contributed by atoms with E-state index < -0.39 is 5.91 Å². The van der Waals surface area contributed by atoms with Gasteiger partial charge in [-0.1, -0.05) is 64.6 Å². The normalized spacial score (nSPS) is 10.7. The highest BCUT2D eigenvalue weighted by molar-refractivity contribution is 6.44.